The van der Waals surface area contributed by atoms with E-state index in [1.165, 1.54) is 12.1 Å². The van der Waals surface area contributed by atoms with Crippen molar-refractivity contribution in [3.8, 4) is 5.82 Å². The van der Waals surface area contributed by atoms with Crippen molar-refractivity contribution in [1.82, 2.24) is 29.2 Å². The van der Waals surface area contributed by atoms with Crippen molar-refractivity contribution in [2.24, 2.45) is 5.41 Å². The SMILES string of the molecule is C=CCn1c(=O)c2cnc(Nc3ccc(N4CC5CC(C4)N5C(C)C)cc3)nc2n1-c1ccc2c(n1)[C@](C)(O)C1(CC2)CC1. The first-order chi connectivity index (χ1) is 21.2. The lowest BCUT2D eigenvalue weighted by Gasteiger charge is -2.58. The Morgan fingerprint density at radius 3 is 2.52 bits per heavy atom. The molecule has 4 aromatic rings. The minimum Gasteiger partial charge on any atom is -0.383 e. The summed E-state index contributed by atoms with van der Waals surface area (Å²) in [4.78, 5) is 32.9. The van der Waals surface area contributed by atoms with Gasteiger partial charge in [0.05, 0.1) is 12.2 Å². The maximum atomic E-state index is 13.5. The molecule has 5 aliphatic rings. The number of anilines is 3. The molecule has 3 atom stereocenters. The van der Waals surface area contributed by atoms with Crippen LogP contribution < -0.4 is 15.8 Å². The number of nitrogens with zero attached hydrogens (tertiary/aromatic N) is 7. The largest absolute Gasteiger partial charge is 0.383 e. The van der Waals surface area contributed by atoms with Gasteiger partial charge in [0.15, 0.2) is 11.5 Å². The molecule has 44 heavy (non-hydrogen) atoms. The second kappa shape index (κ2) is 9.74. The zero-order chi connectivity index (χ0) is 30.4. The third-order valence-corrected chi connectivity index (χ3v) is 10.7. The van der Waals surface area contributed by atoms with Crippen LogP contribution in [0, 0.1) is 5.41 Å². The van der Waals surface area contributed by atoms with Crippen molar-refractivity contribution in [2.75, 3.05) is 23.3 Å². The third kappa shape index (κ3) is 4.07. The topological polar surface area (TPSA) is 104 Å². The molecule has 228 valence electrons. The summed E-state index contributed by atoms with van der Waals surface area (Å²) in [5.41, 5.74) is 2.99. The molecule has 3 aromatic heterocycles. The number of hydrogen-bond donors (Lipinski definition) is 2. The Hall–Kier alpha value is -4.02. The van der Waals surface area contributed by atoms with Crippen molar-refractivity contribution >= 4 is 28.4 Å². The van der Waals surface area contributed by atoms with E-state index in [9.17, 15) is 9.90 Å². The van der Waals surface area contributed by atoms with E-state index in [4.69, 9.17) is 9.97 Å². The van der Waals surface area contributed by atoms with Gasteiger partial charge in [0, 0.05) is 54.2 Å². The van der Waals surface area contributed by atoms with Crippen molar-refractivity contribution in [2.45, 2.75) is 83.1 Å². The minimum atomic E-state index is -1.01. The van der Waals surface area contributed by atoms with Crippen LogP contribution in [0.4, 0.5) is 17.3 Å². The molecule has 2 unspecified atom stereocenters. The zero-order valence-corrected chi connectivity index (χ0v) is 25.7. The Morgan fingerprint density at radius 1 is 1.09 bits per heavy atom. The van der Waals surface area contributed by atoms with Crippen LogP contribution in [-0.2, 0) is 18.6 Å². The number of benzene rings is 1. The molecule has 2 aliphatic carbocycles. The van der Waals surface area contributed by atoms with Crippen LogP contribution in [0.2, 0.25) is 0 Å². The fourth-order valence-electron chi connectivity index (χ4n) is 8.16. The summed E-state index contributed by atoms with van der Waals surface area (Å²) < 4.78 is 3.32. The van der Waals surface area contributed by atoms with E-state index in [0.717, 1.165) is 50.0 Å². The second-order valence-corrected chi connectivity index (χ2v) is 13.6. The number of hydrogen-bond acceptors (Lipinski definition) is 8. The minimum absolute atomic E-state index is 0.0945. The van der Waals surface area contributed by atoms with E-state index >= 15 is 0 Å². The molecule has 2 bridgehead atoms. The van der Waals surface area contributed by atoms with E-state index in [2.05, 4.69) is 64.8 Å². The van der Waals surface area contributed by atoms with Crippen molar-refractivity contribution in [1.29, 1.82) is 0 Å². The number of piperidine rings is 1. The quantitative estimate of drug-likeness (QED) is 0.302. The average Bonchev–Trinajstić information content (AvgIpc) is 3.76. The van der Waals surface area contributed by atoms with E-state index in [-0.39, 0.29) is 17.5 Å². The molecule has 2 N–H and O–H groups in total. The number of piperazine rings is 1. The first kappa shape index (κ1) is 27.5. The van der Waals surface area contributed by atoms with Gasteiger partial charge in [0.2, 0.25) is 5.95 Å². The van der Waals surface area contributed by atoms with Crippen LogP contribution in [-0.4, -0.2) is 65.5 Å². The smallest absolute Gasteiger partial charge is 0.278 e. The Balaban J connectivity index is 1.11. The van der Waals surface area contributed by atoms with Gasteiger partial charge >= 0.3 is 0 Å². The highest BCUT2D eigenvalue weighted by Gasteiger charge is 2.59. The molecule has 10 nitrogen and oxygen atoms in total. The number of rotatable bonds is 7. The number of aliphatic hydroxyl groups is 1. The van der Waals surface area contributed by atoms with Crippen molar-refractivity contribution in [3.63, 3.8) is 0 Å². The Kier molecular flexibility index (Phi) is 6.09. The lowest BCUT2D eigenvalue weighted by molar-refractivity contribution is -0.0371. The molecule has 0 radical (unpaired) electrons. The van der Waals surface area contributed by atoms with Crippen LogP contribution in [0.3, 0.4) is 0 Å². The summed E-state index contributed by atoms with van der Waals surface area (Å²) in [6, 6.07) is 14.2. The van der Waals surface area contributed by atoms with Gasteiger partial charge in [-0.2, -0.15) is 4.98 Å². The molecule has 1 spiro atoms. The molecule has 3 aliphatic heterocycles. The molecule has 0 amide bonds. The average molecular weight is 593 g/mol. The number of aromatic nitrogens is 5. The normalized spacial score (nSPS) is 25.2. The summed E-state index contributed by atoms with van der Waals surface area (Å²) >= 11 is 0. The highest BCUT2D eigenvalue weighted by atomic mass is 16.3. The highest BCUT2D eigenvalue weighted by molar-refractivity contribution is 5.77. The fourth-order valence-corrected chi connectivity index (χ4v) is 8.16. The molecular formula is C34H40N8O2. The predicted octanol–water partition coefficient (Wildman–Crippen LogP) is 4.51. The number of pyridine rings is 1. The Morgan fingerprint density at radius 2 is 1.84 bits per heavy atom. The lowest BCUT2D eigenvalue weighted by Crippen LogP contribution is -2.70. The first-order valence-corrected chi connectivity index (χ1v) is 15.9. The fraction of sp³-hybridized carbons (Fsp3) is 0.471. The maximum Gasteiger partial charge on any atom is 0.278 e. The highest BCUT2D eigenvalue weighted by Crippen LogP contribution is 2.63. The molecule has 1 saturated carbocycles. The van der Waals surface area contributed by atoms with Gasteiger partial charge in [-0.1, -0.05) is 12.1 Å². The van der Waals surface area contributed by atoms with E-state index in [1.807, 2.05) is 19.1 Å². The van der Waals surface area contributed by atoms with E-state index in [1.54, 1.807) is 21.6 Å². The van der Waals surface area contributed by atoms with Gasteiger partial charge in [-0.25, -0.2) is 19.3 Å². The summed E-state index contributed by atoms with van der Waals surface area (Å²) in [7, 11) is 0. The molecule has 6 heterocycles. The summed E-state index contributed by atoms with van der Waals surface area (Å²) in [6.07, 6.45) is 8.46. The number of allylic oxidation sites excluding steroid dienone is 1. The molecule has 9 rings (SSSR count). The molecule has 1 aromatic carbocycles. The van der Waals surface area contributed by atoms with Crippen molar-refractivity contribution < 1.29 is 5.11 Å². The van der Waals surface area contributed by atoms with Crippen LogP contribution in [0.5, 0.6) is 0 Å². The zero-order valence-electron chi connectivity index (χ0n) is 25.7. The van der Waals surface area contributed by atoms with Gasteiger partial charge in [-0.3, -0.25) is 9.69 Å². The van der Waals surface area contributed by atoms with Crippen LogP contribution in [0.25, 0.3) is 16.9 Å². The maximum absolute atomic E-state index is 13.5. The van der Waals surface area contributed by atoms with Gasteiger partial charge in [0.25, 0.3) is 5.56 Å². The van der Waals surface area contributed by atoms with Crippen LogP contribution in [0.1, 0.15) is 57.7 Å². The standard InChI is InChI=1S/C34H40N8O2/c1-5-16-40-31(43)27-18-35-32(36-23-7-9-24(10-8-23)39-19-25-17-26(20-39)41(25)21(2)3)38-30(27)42(40)28-11-6-22-12-13-34(14-15-34)33(4,44)29(22)37-28/h5-11,18,21,25-26,44H,1,12-17,19-20H2,2-4H3,(H,35,36,38)/t25?,26?,33-/m0/s1. The van der Waals surface area contributed by atoms with Crippen LogP contribution >= 0.6 is 0 Å². The van der Waals surface area contributed by atoms with Gasteiger partial charge in [-0.15, -0.1) is 6.58 Å². The van der Waals surface area contributed by atoms with Gasteiger partial charge in [-0.05, 0) is 88.8 Å². The van der Waals surface area contributed by atoms with Gasteiger partial charge < -0.3 is 15.3 Å². The monoisotopic (exact) mass is 592 g/mol. The summed E-state index contributed by atoms with van der Waals surface area (Å²) in [6.45, 7) is 12.8. The van der Waals surface area contributed by atoms with Crippen LogP contribution in [0.15, 0.2) is 60.0 Å². The Labute approximate surface area is 257 Å². The third-order valence-electron chi connectivity index (χ3n) is 10.7. The van der Waals surface area contributed by atoms with E-state index < -0.39 is 5.60 Å². The number of aryl methyl sites for hydroxylation is 1. The Bertz CT molecular complexity index is 1820. The molecular weight excluding hydrogens is 552 g/mol. The predicted molar refractivity (Wildman–Crippen MR) is 172 cm³/mol. The molecule has 3 saturated heterocycles. The molecule has 4 fully saturated rings. The number of nitrogens with one attached hydrogen (secondary N) is 1. The second-order valence-electron chi connectivity index (χ2n) is 13.6. The van der Waals surface area contributed by atoms with E-state index in [0.29, 0.717) is 46.6 Å². The van der Waals surface area contributed by atoms with Gasteiger partial charge in [0.1, 0.15) is 11.0 Å². The summed E-state index contributed by atoms with van der Waals surface area (Å²) in [5, 5.41) is 15.4. The first-order valence-electron chi connectivity index (χ1n) is 15.9. The lowest BCUT2D eigenvalue weighted by atomic mass is 9.72. The number of fused-ring (bicyclic) bond motifs is 4. The summed E-state index contributed by atoms with van der Waals surface area (Å²) in [5.74, 6) is 0.934. The molecule has 10 heteroatoms. The van der Waals surface area contributed by atoms with Crippen molar-refractivity contribution in [3.05, 3.63) is 76.9 Å².